The van der Waals surface area contributed by atoms with E-state index in [9.17, 15) is 0 Å². The molecule has 0 saturated heterocycles. The van der Waals surface area contributed by atoms with E-state index in [1.165, 1.54) is 98.0 Å². The van der Waals surface area contributed by atoms with Crippen molar-refractivity contribution in [2.24, 2.45) is 0 Å². The molecule has 0 aliphatic carbocycles. The highest BCUT2D eigenvalue weighted by Gasteiger charge is 2.22. The molecule has 0 bridgehead atoms. The fourth-order valence-corrected chi connectivity index (χ4v) is 9.67. The topological polar surface area (TPSA) is 4.93 Å². The van der Waals surface area contributed by atoms with Gasteiger partial charge in [-0.25, -0.2) is 0 Å². The maximum Gasteiger partial charge on any atom is 0.0535 e. The summed E-state index contributed by atoms with van der Waals surface area (Å²) in [5, 5.41) is 15.3. The Morgan fingerprint density at radius 1 is 0.263 bits per heavy atom. The summed E-state index contributed by atoms with van der Waals surface area (Å²) in [5.41, 5.74) is 10.8. The van der Waals surface area contributed by atoms with Gasteiger partial charge < -0.3 is 4.57 Å². The summed E-state index contributed by atoms with van der Waals surface area (Å²) >= 11 is 0. The highest BCUT2D eigenvalue weighted by molar-refractivity contribution is 6.30. The maximum absolute atomic E-state index is 2.46. The Kier molecular flexibility index (Phi) is 7.00. The minimum absolute atomic E-state index is 1.13. The van der Waals surface area contributed by atoms with Gasteiger partial charge in [-0.2, -0.15) is 0 Å². The van der Waals surface area contributed by atoms with Crippen LogP contribution in [0.25, 0.3) is 115 Å². The number of fused-ring (bicyclic) bond motifs is 3. The third-order valence-electron chi connectivity index (χ3n) is 12.1. The van der Waals surface area contributed by atoms with Gasteiger partial charge in [0.2, 0.25) is 0 Å². The lowest BCUT2D eigenvalue weighted by molar-refractivity contribution is 1.10. The van der Waals surface area contributed by atoms with Crippen LogP contribution >= 0.6 is 0 Å². The van der Waals surface area contributed by atoms with Gasteiger partial charge in [-0.05, 0) is 122 Å². The van der Waals surface area contributed by atoms with Gasteiger partial charge >= 0.3 is 0 Å². The van der Waals surface area contributed by atoms with Crippen LogP contribution in [0.5, 0.6) is 0 Å². The molecule has 12 rings (SSSR count). The van der Waals surface area contributed by atoms with Gasteiger partial charge in [0.25, 0.3) is 0 Å². The highest BCUT2D eigenvalue weighted by Crippen LogP contribution is 2.49. The van der Waals surface area contributed by atoms with Gasteiger partial charge in [-0.3, -0.25) is 0 Å². The molecule has 264 valence electrons. The number of hydrogen-bond acceptors (Lipinski definition) is 0. The van der Waals surface area contributed by atoms with E-state index in [1.54, 1.807) is 0 Å². The molecule has 0 atom stereocenters. The van der Waals surface area contributed by atoms with Crippen LogP contribution in [0, 0.1) is 0 Å². The van der Waals surface area contributed by atoms with Crippen molar-refractivity contribution in [3.05, 3.63) is 212 Å². The van der Waals surface area contributed by atoms with E-state index in [1.807, 2.05) is 0 Å². The molecule has 1 heterocycles. The second-order valence-electron chi connectivity index (χ2n) is 15.2. The third-order valence-corrected chi connectivity index (χ3v) is 12.1. The van der Waals surface area contributed by atoms with Crippen LogP contribution in [0.3, 0.4) is 0 Å². The van der Waals surface area contributed by atoms with Gasteiger partial charge in [-0.1, -0.05) is 188 Å². The molecule has 0 saturated carbocycles. The van der Waals surface area contributed by atoms with Crippen LogP contribution in [0.4, 0.5) is 0 Å². The van der Waals surface area contributed by atoms with Crippen molar-refractivity contribution in [2.75, 3.05) is 0 Å². The molecular formula is C56H35N. The van der Waals surface area contributed by atoms with Gasteiger partial charge in [0.15, 0.2) is 0 Å². The van der Waals surface area contributed by atoms with Crippen LogP contribution in [0.1, 0.15) is 0 Å². The summed E-state index contributed by atoms with van der Waals surface area (Å²) < 4.78 is 2.45. The van der Waals surface area contributed by atoms with Crippen molar-refractivity contribution < 1.29 is 0 Å². The molecule has 0 fully saturated rings. The van der Waals surface area contributed by atoms with Gasteiger partial charge in [-0.15, -0.1) is 0 Å². The Labute approximate surface area is 330 Å². The van der Waals surface area contributed by atoms with E-state index in [-0.39, 0.29) is 0 Å². The fourth-order valence-electron chi connectivity index (χ4n) is 9.67. The second kappa shape index (κ2) is 12.5. The molecule has 0 spiro atoms. The Morgan fingerprint density at radius 2 is 0.737 bits per heavy atom. The van der Waals surface area contributed by atoms with Crippen LogP contribution in [0.2, 0.25) is 0 Å². The van der Waals surface area contributed by atoms with Crippen LogP contribution in [-0.4, -0.2) is 4.57 Å². The number of rotatable bonds is 5. The van der Waals surface area contributed by atoms with Gasteiger partial charge in [0.1, 0.15) is 0 Å². The summed E-state index contributed by atoms with van der Waals surface area (Å²) in [7, 11) is 0. The molecule has 0 radical (unpaired) electrons. The monoisotopic (exact) mass is 721 g/mol. The Hall–Kier alpha value is -7.48. The molecule has 12 aromatic rings. The molecule has 57 heavy (non-hydrogen) atoms. The van der Waals surface area contributed by atoms with E-state index >= 15 is 0 Å². The number of nitrogens with zero attached hydrogens (tertiary/aromatic N) is 1. The van der Waals surface area contributed by atoms with Crippen LogP contribution in [0.15, 0.2) is 212 Å². The van der Waals surface area contributed by atoms with E-state index < -0.39 is 0 Å². The average Bonchev–Trinajstić information content (AvgIpc) is 3.73. The molecule has 11 aromatic carbocycles. The summed E-state index contributed by atoms with van der Waals surface area (Å²) in [6, 6.07) is 78.5. The molecule has 0 amide bonds. The first-order valence-corrected chi connectivity index (χ1v) is 19.8. The van der Waals surface area contributed by atoms with Crippen molar-refractivity contribution >= 4 is 64.6 Å². The SMILES string of the molecule is c1ccc(-c2ccc(-c3ccccc3)n2-c2ccc3c(-c4cccc5ccccc45)c4ccccc4c(-c4ccc5ccc6cccc7ccc4c5c67)c3c2)cc1. The van der Waals surface area contributed by atoms with Crippen molar-refractivity contribution in [1.29, 1.82) is 0 Å². The van der Waals surface area contributed by atoms with Crippen molar-refractivity contribution in [3.8, 4) is 50.5 Å². The lowest BCUT2D eigenvalue weighted by Crippen LogP contribution is -2.00. The smallest absolute Gasteiger partial charge is 0.0535 e. The Morgan fingerprint density at radius 3 is 1.44 bits per heavy atom. The predicted molar refractivity (Wildman–Crippen MR) is 244 cm³/mol. The second-order valence-corrected chi connectivity index (χ2v) is 15.2. The summed E-state index contributed by atoms with van der Waals surface area (Å²) in [6.45, 7) is 0. The van der Waals surface area contributed by atoms with Gasteiger partial charge in [0, 0.05) is 5.69 Å². The first-order chi connectivity index (χ1) is 28.3. The third kappa shape index (κ3) is 4.83. The van der Waals surface area contributed by atoms with Gasteiger partial charge in [0.05, 0.1) is 11.4 Å². The van der Waals surface area contributed by atoms with Crippen molar-refractivity contribution in [3.63, 3.8) is 0 Å². The van der Waals surface area contributed by atoms with E-state index in [0.29, 0.717) is 0 Å². The van der Waals surface area contributed by atoms with Crippen LogP contribution < -0.4 is 0 Å². The minimum Gasteiger partial charge on any atom is -0.309 e. The molecular weight excluding hydrogens is 687 g/mol. The zero-order chi connectivity index (χ0) is 37.5. The Balaban J connectivity index is 1.25. The van der Waals surface area contributed by atoms with Crippen molar-refractivity contribution in [1.82, 2.24) is 4.57 Å². The highest BCUT2D eigenvalue weighted by atomic mass is 15.0. The van der Waals surface area contributed by atoms with Crippen molar-refractivity contribution in [2.45, 2.75) is 0 Å². The zero-order valence-electron chi connectivity index (χ0n) is 31.2. The largest absolute Gasteiger partial charge is 0.309 e. The molecule has 0 aliphatic heterocycles. The summed E-state index contributed by atoms with van der Waals surface area (Å²) in [6.07, 6.45) is 0. The molecule has 1 aromatic heterocycles. The fraction of sp³-hybridized carbons (Fsp3) is 0. The average molecular weight is 722 g/mol. The summed E-state index contributed by atoms with van der Waals surface area (Å²) in [5.74, 6) is 0. The predicted octanol–water partition coefficient (Wildman–Crippen LogP) is 15.5. The lowest BCUT2D eigenvalue weighted by Gasteiger charge is -2.22. The van der Waals surface area contributed by atoms with Crippen LogP contribution in [-0.2, 0) is 0 Å². The summed E-state index contributed by atoms with van der Waals surface area (Å²) in [4.78, 5) is 0. The molecule has 1 nitrogen and oxygen atoms in total. The molecule has 1 heteroatoms. The van der Waals surface area contributed by atoms with E-state index in [4.69, 9.17) is 0 Å². The standard InChI is InChI=1S/C56H35N/c1-3-14-37(15-4-1)51-33-34-52(38-16-5-2-6-17-38)57(51)42-29-32-49-50(35-42)56(48-31-28-41-26-25-39-19-11-20-40-27-30-47(48)54(41)53(39)40)46-23-10-9-22-45(46)55(49)44-24-12-18-36-13-7-8-21-43(36)44/h1-35H. The number of benzene rings is 11. The first-order valence-electron chi connectivity index (χ1n) is 19.8. The quantitative estimate of drug-likeness (QED) is 0.123. The normalized spacial score (nSPS) is 11.9. The van der Waals surface area contributed by atoms with E-state index in [2.05, 4.69) is 217 Å². The lowest BCUT2D eigenvalue weighted by atomic mass is 9.82. The Bertz CT molecular complexity index is 3420. The maximum atomic E-state index is 2.46. The van der Waals surface area contributed by atoms with E-state index in [0.717, 1.165) is 17.1 Å². The molecule has 0 unspecified atom stereocenters. The molecule has 0 aliphatic rings. The number of aromatic nitrogens is 1. The number of hydrogen-bond donors (Lipinski definition) is 0. The first kappa shape index (κ1) is 31.8. The minimum atomic E-state index is 1.13. The zero-order valence-corrected chi connectivity index (χ0v) is 31.2. The molecule has 0 N–H and O–H groups in total.